The van der Waals surface area contributed by atoms with Crippen molar-refractivity contribution in [2.45, 2.75) is 19.5 Å². The third kappa shape index (κ3) is 6.58. The largest absolute Gasteiger partial charge is 0.454 e. The van der Waals surface area contributed by atoms with E-state index in [1.165, 1.54) is 6.92 Å². The Hall–Kier alpha value is -2.57. The smallest absolute Gasteiger partial charge is 0.328 e. The standard InChI is InChI=1S/C19H18Cl2N2O4/c1-12(23-18(25)15-7-2-3-8-16(15)21)19(26)27-11-17(24)22-10-13-5-4-6-14(20)9-13/h2-9,12H,10-11H2,1H3,(H,22,24)(H,23,25)/t12-/m0/s1. The van der Waals surface area contributed by atoms with Gasteiger partial charge in [0.25, 0.3) is 11.8 Å². The van der Waals surface area contributed by atoms with Gasteiger partial charge in [-0.1, -0.05) is 47.5 Å². The normalized spacial score (nSPS) is 11.4. The Morgan fingerprint density at radius 1 is 1.07 bits per heavy atom. The number of nitrogens with one attached hydrogen (secondary N) is 2. The van der Waals surface area contributed by atoms with Gasteiger partial charge in [0.05, 0.1) is 10.6 Å². The third-order valence-corrected chi connectivity index (χ3v) is 4.11. The number of carbonyl (C=O) groups excluding carboxylic acids is 3. The first-order chi connectivity index (χ1) is 12.9. The Morgan fingerprint density at radius 2 is 1.81 bits per heavy atom. The first-order valence-electron chi connectivity index (χ1n) is 8.10. The average molecular weight is 409 g/mol. The highest BCUT2D eigenvalue weighted by Crippen LogP contribution is 2.14. The van der Waals surface area contributed by atoms with Crippen LogP contribution >= 0.6 is 23.2 Å². The average Bonchev–Trinajstić information content (AvgIpc) is 2.64. The zero-order chi connectivity index (χ0) is 19.8. The molecule has 0 spiro atoms. The van der Waals surface area contributed by atoms with Gasteiger partial charge in [-0.2, -0.15) is 0 Å². The fourth-order valence-corrected chi connectivity index (χ4v) is 2.57. The van der Waals surface area contributed by atoms with Gasteiger partial charge in [-0.3, -0.25) is 9.59 Å². The summed E-state index contributed by atoms with van der Waals surface area (Å²) in [5.41, 5.74) is 1.07. The minimum Gasteiger partial charge on any atom is -0.454 e. The predicted molar refractivity (Wildman–Crippen MR) is 103 cm³/mol. The summed E-state index contributed by atoms with van der Waals surface area (Å²) in [5, 5.41) is 5.94. The Kier molecular flexibility index (Phi) is 7.64. The number of halogens is 2. The SMILES string of the molecule is C[C@H](NC(=O)c1ccccc1Cl)C(=O)OCC(=O)NCc1cccc(Cl)c1. The van der Waals surface area contributed by atoms with Crippen LogP contribution in [0, 0.1) is 0 Å². The van der Waals surface area contributed by atoms with Crippen molar-refractivity contribution < 1.29 is 19.1 Å². The lowest BCUT2D eigenvalue weighted by Crippen LogP contribution is -2.41. The molecule has 0 fully saturated rings. The summed E-state index contributed by atoms with van der Waals surface area (Å²) >= 11 is 11.8. The molecule has 0 radical (unpaired) electrons. The highest BCUT2D eigenvalue weighted by Gasteiger charge is 2.20. The summed E-state index contributed by atoms with van der Waals surface area (Å²) in [7, 11) is 0. The third-order valence-electron chi connectivity index (χ3n) is 3.54. The van der Waals surface area contributed by atoms with Gasteiger partial charge in [0.15, 0.2) is 6.61 Å². The Morgan fingerprint density at radius 3 is 2.52 bits per heavy atom. The topological polar surface area (TPSA) is 84.5 Å². The summed E-state index contributed by atoms with van der Waals surface area (Å²) in [5.74, 6) is -1.70. The molecule has 2 aromatic rings. The van der Waals surface area contributed by atoms with Crippen molar-refractivity contribution in [3.05, 3.63) is 69.7 Å². The first-order valence-corrected chi connectivity index (χ1v) is 8.85. The van der Waals surface area contributed by atoms with Crippen molar-refractivity contribution in [1.82, 2.24) is 10.6 Å². The zero-order valence-corrected chi connectivity index (χ0v) is 16.0. The van der Waals surface area contributed by atoms with Crippen LogP contribution in [0.5, 0.6) is 0 Å². The zero-order valence-electron chi connectivity index (χ0n) is 14.5. The summed E-state index contributed by atoms with van der Waals surface area (Å²) in [6.07, 6.45) is 0. The molecule has 2 amide bonds. The maximum Gasteiger partial charge on any atom is 0.328 e. The molecule has 0 saturated heterocycles. The van der Waals surface area contributed by atoms with Crippen molar-refractivity contribution in [1.29, 1.82) is 0 Å². The van der Waals surface area contributed by atoms with Crippen LogP contribution in [0.25, 0.3) is 0 Å². The molecule has 0 aliphatic rings. The van der Waals surface area contributed by atoms with E-state index < -0.39 is 30.4 Å². The Bertz CT molecular complexity index is 842. The maximum absolute atomic E-state index is 12.1. The first kappa shape index (κ1) is 20.7. The molecule has 27 heavy (non-hydrogen) atoms. The van der Waals surface area contributed by atoms with E-state index in [1.807, 2.05) is 6.07 Å². The molecule has 2 aromatic carbocycles. The number of hydrogen-bond acceptors (Lipinski definition) is 4. The Balaban J connectivity index is 1.76. The fourth-order valence-electron chi connectivity index (χ4n) is 2.14. The lowest BCUT2D eigenvalue weighted by atomic mass is 10.2. The van der Waals surface area contributed by atoms with E-state index in [9.17, 15) is 14.4 Å². The van der Waals surface area contributed by atoms with Gasteiger partial charge < -0.3 is 15.4 Å². The van der Waals surface area contributed by atoms with Crippen LogP contribution in [0.4, 0.5) is 0 Å². The fraction of sp³-hybridized carbons (Fsp3) is 0.211. The number of amides is 2. The molecule has 0 bridgehead atoms. The molecular formula is C19H18Cl2N2O4. The summed E-state index contributed by atoms with van der Waals surface area (Å²) < 4.78 is 4.92. The van der Waals surface area contributed by atoms with Crippen LogP contribution < -0.4 is 10.6 Å². The van der Waals surface area contributed by atoms with Gasteiger partial charge in [-0.25, -0.2) is 4.79 Å². The molecule has 2 rings (SSSR count). The monoisotopic (exact) mass is 408 g/mol. The predicted octanol–water partition coefficient (Wildman–Crippen LogP) is 2.97. The van der Waals surface area contributed by atoms with Crippen LogP contribution in [-0.4, -0.2) is 30.4 Å². The van der Waals surface area contributed by atoms with Crippen molar-refractivity contribution >= 4 is 41.0 Å². The summed E-state index contributed by atoms with van der Waals surface area (Å²) in [6, 6.07) is 12.6. The molecule has 0 aliphatic carbocycles. The van der Waals surface area contributed by atoms with Gasteiger partial charge in [0, 0.05) is 11.6 Å². The van der Waals surface area contributed by atoms with E-state index in [0.29, 0.717) is 5.02 Å². The van der Waals surface area contributed by atoms with Gasteiger partial charge in [0.1, 0.15) is 6.04 Å². The summed E-state index contributed by atoms with van der Waals surface area (Å²) in [4.78, 5) is 35.9. The van der Waals surface area contributed by atoms with Crippen LogP contribution in [0.15, 0.2) is 48.5 Å². The molecule has 0 unspecified atom stereocenters. The number of esters is 1. The minimum atomic E-state index is -0.936. The van der Waals surface area contributed by atoms with Gasteiger partial charge in [-0.15, -0.1) is 0 Å². The van der Waals surface area contributed by atoms with Gasteiger partial charge >= 0.3 is 5.97 Å². The molecule has 0 aromatic heterocycles. The number of ether oxygens (including phenoxy) is 1. The van der Waals surface area contributed by atoms with Gasteiger partial charge in [0.2, 0.25) is 0 Å². The van der Waals surface area contributed by atoms with Crippen LogP contribution in [0.3, 0.4) is 0 Å². The maximum atomic E-state index is 12.1. The van der Waals surface area contributed by atoms with E-state index in [0.717, 1.165) is 5.56 Å². The molecule has 6 nitrogen and oxygen atoms in total. The van der Waals surface area contributed by atoms with Crippen molar-refractivity contribution in [3.63, 3.8) is 0 Å². The number of hydrogen-bond donors (Lipinski definition) is 2. The summed E-state index contributed by atoms with van der Waals surface area (Å²) in [6.45, 7) is 1.27. The highest BCUT2D eigenvalue weighted by molar-refractivity contribution is 6.33. The number of benzene rings is 2. The van der Waals surface area contributed by atoms with Crippen LogP contribution in [0.2, 0.25) is 10.0 Å². The van der Waals surface area contributed by atoms with E-state index >= 15 is 0 Å². The van der Waals surface area contributed by atoms with E-state index in [2.05, 4.69) is 10.6 Å². The molecule has 2 N–H and O–H groups in total. The second-order valence-electron chi connectivity index (χ2n) is 5.69. The van der Waals surface area contributed by atoms with Crippen molar-refractivity contribution in [2.75, 3.05) is 6.61 Å². The minimum absolute atomic E-state index is 0.248. The van der Waals surface area contributed by atoms with Crippen LogP contribution in [-0.2, 0) is 20.9 Å². The van der Waals surface area contributed by atoms with Crippen LogP contribution in [0.1, 0.15) is 22.8 Å². The number of rotatable bonds is 7. The van der Waals surface area contributed by atoms with E-state index in [-0.39, 0.29) is 17.1 Å². The second kappa shape index (κ2) is 9.94. The van der Waals surface area contributed by atoms with Crippen molar-refractivity contribution in [3.8, 4) is 0 Å². The molecular weight excluding hydrogens is 391 g/mol. The van der Waals surface area contributed by atoms with E-state index in [4.69, 9.17) is 27.9 Å². The molecule has 8 heteroatoms. The molecule has 1 atom stereocenters. The lowest BCUT2D eigenvalue weighted by Gasteiger charge is -2.14. The Labute approximate surface area is 166 Å². The number of carbonyl (C=O) groups is 3. The quantitative estimate of drug-likeness (QED) is 0.689. The van der Waals surface area contributed by atoms with Gasteiger partial charge in [-0.05, 0) is 36.8 Å². The molecule has 0 aliphatic heterocycles. The second-order valence-corrected chi connectivity index (χ2v) is 6.53. The van der Waals surface area contributed by atoms with E-state index in [1.54, 1.807) is 42.5 Å². The molecule has 0 heterocycles. The molecule has 0 saturated carbocycles. The lowest BCUT2D eigenvalue weighted by molar-refractivity contribution is -0.150. The molecule has 142 valence electrons. The highest BCUT2D eigenvalue weighted by atomic mass is 35.5. The van der Waals surface area contributed by atoms with Crippen molar-refractivity contribution in [2.24, 2.45) is 0 Å².